The van der Waals surface area contributed by atoms with Crippen LogP contribution in [-0.4, -0.2) is 36.7 Å². The van der Waals surface area contributed by atoms with E-state index >= 15 is 0 Å². The Morgan fingerprint density at radius 1 is 1.28 bits per heavy atom. The highest BCUT2D eigenvalue weighted by Crippen LogP contribution is 2.31. The molecule has 0 heterocycles. The van der Waals surface area contributed by atoms with Crippen molar-refractivity contribution in [2.75, 3.05) is 7.11 Å². The number of aryl methyl sites for hydroxylation is 1. The molecule has 0 fully saturated rings. The van der Waals surface area contributed by atoms with Gasteiger partial charge in [-0.2, -0.15) is 0 Å². The summed E-state index contributed by atoms with van der Waals surface area (Å²) in [7, 11) is 3.24. The summed E-state index contributed by atoms with van der Waals surface area (Å²) in [6, 6.07) is 3.84. The monoisotopic (exact) mass is 345 g/mol. The summed E-state index contributed by atoms with van der Waals surface area (Å²) < 4.78 is 11.4. The molecule has 0 amide bonds. The first-order valence-electron chi connectivity index (χ1n) is 9.06. The van der Waals surface area contributed by atoms with Crippen LogP contribution in [0.5, 0.6) is 5.75 Å². The Labute approximate surface area is 152 Å². The first kappa shape index (κ1) is 20.0. The summed E-state index contributed by atoms with van der Waals surface area (Å²) >= 11 is 0. The van der Waals surface area contributed by atoms with Crippen LogP contribution >= 0.6 is 0 Å². The van der Waals surface area contributed by atoms with Gasteiger partial charge in [0, 0.05) is 6.42 Å². The van der Waals surface area contributed by atoms with Crippen LogP contribution in [0.2, 0.25) is 0 Å². The lowest BCUT2D eigenvalue weighted by molar-refractivity contribution is -0.0893. The van der Waals surface area contributed by atoms with Crippen LogP contribution in [0, 0.1) is 5.92 Å². The third kappa shape index (κ3) is 4.45. The Morgan fingerprint density at radius 2 is 1.96 bits per heavy atom. The molecule has 25 heavy (non-hydrogen) atoms. The molecule has 1 N–H and O–H groups in total. The minimum atomic E-state index is -0.983. The topological polar surface area (TPSA) is 55.8 Å². The fraction of sp³-hybridized carbons (Fsp3) is 0.650. The molecule has 0 aromatic heterocycles. The Bertz CT molecular complexity index is 631. The number of methoxy groups -OCH3 is 1. The second-order valence-electron chi connectivity index (χ2n) is 8.00. The molecule has 0 aliphatic heterocycles. The van der Waals surface area contributed by atoms with Crippen LogP contribution < -0.4 is 10.2 Å². The fourth-order valence-electron chi connectivity index (χ4n) is 2.97. The van der Waals surface area contributed by atoms with Gasteiger partial charge in [-0.1, -0.05) is 19.4 Å². The van der Waals surface area contributed by atoms with E-state index in [-0.39, 0.29) is 5.78 Å². The van der Waals surface area contributed by atoms with Crippen molar-refractivity contribution in [1.29, 1.82) is 0 Å². The van der Waals surface area contributed by atoms with Crippen LogP contribution in [-0.2, 0) is 11.1 Å². The van der Waals surface area contributed by atoms with Crippen LogP contribution in [0.3, 0.4) is 0 Å². The molecule has 0 saturated heterocycles. The lowest BCUT2D eigenvalue weighted by atomic mass is 9.80. The number of fused-ring (bicyclic) bond motifs is 1. The molecule has 2 rings (SSSR count). The molecule has 0 saturated carbocycles. The third-order valence-corrected chi connectivity index (χ3v) is 5.54. The third-order valence-electron chi connectivity index (χ3n) is 5.54. The van der Waals surface area contributed by atoms with Crippen molar-refractivity contribution < 1.29 is 19.3 Å². The van der Waals surface area contributed by atoms with Crippen LogP contribution in [0.1, 0.15) is 69.8 Å². The Hall–Kier alpha value is -1.33. The van der Waals surface area contributed by atoms with Gasteiger partial charge in [0.05, 0.1) is 23.9 Å². The molecule has 1 aromatic carbocycles. The van der Waals surface area contributed by atoms with Crippen molar-refractivity contribution in [1.82, 2.24) is 0 Å². The van der Waals surface area contributed by atoms with E-state index in [9.17, 15) is 9.90 Å². The molecule has 0 bridgehead atoms. The number of Topliss-reactive ketones (excluding diaryl/α,β-unsaturated/α-hetero) is 1. The zero-order chi connectivity index (χ0) is 18.8. The van der Waals surface area contributed by atoms with Gasteiger partial charge in [-0.25, -0.2) is 0 Å². The van der Waals surface area contributed by atoms with Gasteiger partial charge in [-0.15, -0.1) is 0 Å². The van der Waals surface area contributed by atoms with Crippen molar-refractivity contribution in [2.45, 2.75) is 71.5 Å². The molecule has 1 atom stereocenters. The lowest BCUT2D eigenvalue weighted by Crippen LogP contribution is -2.49. The van der Waals surface area contributed by atoms with E-state index in [1.54, 1.807) is 28.4 Å². The molecule has 137 valence electrons. The van der Waals surface area contributed by atoms with E-state index < -0.39 is 11.2 Å². The number of aliphatic hydroxyl groups is 1. The van der Waals surface area contributed by atoms with Crippen molar-refractivity contribution in [3.8, 4) is 5.75 Å². The lowest BCUT2D eigenvalue weighted by Gasteiger charge is -2.37. The highest BCUT2D eigenvalue weighted by Gasteiger charge is 2.36. The summed E-state index contributed by atoms with van der Waals surface area (Å²) in [6.07, 6.45) is 3.49. The standard InChI is InChI=1S/C20H30BO4/c1-7-13-8-9-14-11-15(21-25-20(4,5)19(2,3)23)12-17(24-6)18(14)16(22)10-13/h11-13,23H,7-10H2,1-6H3. The summed E-state index contributed by atoms with van der Waals surface area (Å²) in [6.45, 7) is 9.28. The predicted octanol–water partition coefficient (Wildman–Crippen LogP) is 3.05. The van der Waals surface area contributed by atoms with Gasteiger partial charge in [-0.3, -0.25) is 4.79 Å². The Balaban J connectivity index is 2.29. The quantitative estimate of drug-likeness (QED) is 0.636. The minimum Gasteiger partial charge on any atom is -0.496 e. The van der Waals surface area contributed by atoms with Crippen molar-refractivity contribution in [3.05, 3.63) is 23.3 Å². The summed E-state index contributed by atoms with van der Waals surface area (Å²) in [4.78, 5) is 12.7. The first-order chi connectivity index (χ1) is 11.6. The number of hydrogen-bond acceptors (Lipinski definition) is 4. The summed E-state index contributed by atoms with van der Waals surface area (Å²) in [5.41, 5.74) is 0.865. The van der Waals surface area contributed by atoms with Crippen LogP contribution in [0.15, 0.2) is 12.1 Å². The number of rotatable bonds is 6. The smallest absolute Gasteiger partial charge is 0.331 e. The summed E-state index contributed by atoms with van der Waals surface area (Å²) in [5.74, 6) is 1.21. The molecule has 4 nitrogen and oxygen atoms in total. The second kappa shape index (κ2) is 7.51. The summed E-state index contributed by atoms with van der Waals surface area (Å²) in [5, 5.41) is 10.2. The second-order valence-corrected chi connectivity index (χ2v) is 8.00. The zero-order valence-electron chi connectivity index (χ0n) is 16.3. The van der Waals surface area contributed by atoms with E-state index in [0.717, 1.165) is 35.9 Å². The van der Waals surface area contributed by atoms with Gasteiger partial charge in [0.15, 0.2) is 5.78 Å². The van der Waals surface area contributed by atoms with E-state index in [0.29, 0.717) is 18.1 Å². The minimum absolute atomic E-state index is 0.167. The maximum absolute atomic E-state index is 12.7. The maximum atomic E-state index is 12.7. The molecule has 1 aliphatic carbocycles. The Kier molecular flexibility index (Phi) is 6.00. The highest BCUT2D eigenvalue weighted by molar-refractivity contribution is 6.47. The van der Waals surface area contributed by atoms with Crippen molar-refractivity contribution in [2.24, 2.45) is 5.92 Å². The van der Waals surface area contributed by atoms with Gasteiger partial charge >= 0.3 is 7.48 Å². The molecule has 1 aliphatic rings. The van der Waals surface area contributed by atoms with E-state index in [4.69, 9.17) is 9.39 Å². The number of carbonyl (C=O) groups is 1. The number of carbonyl (C=O) groups excluding carboxylic acids is 1. The Morgan fingerprint density at radius 3 is 2.52 bits per heavy atom. The number of ether oxygens (including phenoxy) is 1. The van der Waals surface area contributed by atoms with Gasteiger partial charge in [0.1, 0.15) is 5.75 Å². The average molecular weight is 345 g/mol. The van der Waals surface area contributed by atoms with Crippen LogP contribution in [0.4, 0.5) is 0 Å². The van der Waals surface area contributed by atoms with Crippen molar-refractivity contribution >= 4 is 18.7 Å². The molecule has 1 unspecified atom stereocenters. The normalized spacial score (nSPS) is 18.5. The maximum Gasteiger partial charge on any atom is 0.331 e. The number of hydrogen-bond donors (Lipinski definition) is 1. The molecule has 1 aromatic rings. The SMILES string of the molecule is CCC1CCc2cc([B]OC(C)(C)C(C)(C)O)cc(OC)c2C(=O)C1. The van der Waals surface area contributed by atoms with Crippen molar-refractivity contribution in [3.63, 3.8) is 0 Å². The van der Waals surface area contributed by atoms with Gasteiger partial charge < -0.3 is 14.5 Å². The molecular formula is C20H30BO4. The molecule has 5 heteroatoms. The number of ketones is 1. The fourth-order valence-corrected chi connectivity index (χ4v) is 2.97. The van der Waals surface area contributed by atoms with Gasteiger partial charge in [-0.05, 0) is 63.5 Å². The van der Waals surface area contributed by atoms with Gasteiger partial charge in [0.2, 0.25) is 0 Å². The van der Waals surface area contributed by atoms with Crippen LogP contribution in [0.25, 0.3) is 0 Å². The molecule has 1 radical (unpaired) electrons. The zero-order valence-corrected chi connectivity index (χ0v) is 16.3. The van der Waals surface area contributed by atoms with E-state index in [1.165, 1.54) is 0 Å². The van der Waals surface area contributed by atoms with E-state index in [1.807, 2.05) is 26.0 Å². The first-order valence-corrected chi connectivity index (χ1v) is 9.06. The molecular weight excluding hydrogens is 315 g/mol. The predicted molar refractivity (Wildman–Crippen MR) is 101 cm³/mol. The molecule has 0 spiro atoms. The highest BCUT2D eigenvalue weighted by atomic mass is 16.5. The average Bonchev–Trinajstić information content (AvgIpc) is 2.70. The van der Waals surface area contributed by atoms with E-state index in [2.05, 4.69) is 6.92 Å². The number of benzene rings is 1. The largest absolute Gasteiger partial charge is 0.496 e. The van der Waals surface area contributed by atoms with Gasteiger partial charge in [0.25, 0.3) is 0 Å².